The fraction of sp³-hybridized carbons (Fsp3) is 0.286. The van der Waals surface area contributed by atoms with E-state index in [0.29, 0.717) is 34.7 Å². The van der Waals surface area contributed by atoms with E-state index in [0.717, 1.165) is 31.6 Å². The number of H-pyrrole nitrogens is 1. The molecule has 1 aromatic carbocycles. The van der Waals surface area contributed by atoms with Gasteiger partial charge in [-0.2, -0.15) is 18.3 Å². The van der Waals surface area contributed by atoms with E-state index in [1.165, 1.54) is 22.4 Å². The van der Waals surface area contributed by atoms with Gasteiger partial charge < -0.3 is 10.3 Å². The Kier molecular flexibility index (Phi) is 6.21. The molecule has 206 valence electrons. The van der Waals surface area contributed by atoms with Crippen molar-refractivity contribution in [2.75, 3.05) is 13.1 Å². The smallest absolute Gasteiger partial charge is 0.366 e. The molecule has 40 heavy (non-hydrogen) atoms. The van der Waals surface area contributed by atoms with Crippen LogP contribution in [0.1, 0.15) is 46.1 Å². The van der Waals surface area contributed by atoms with Crippen molar-refractivity contribution in [2.45, 2.75) is 31.5 Å². The molecule has 0 saturated carbocycles. The molecule has 0 spiro atoms. The number of aromatic nitrogens is 5. The standard InChI is InChI=1S/C28H26F3N7O2/c1-36-19(15-37-11-7-17(8-12-37)16-2-4-18(5-3-16)25(32)39)14-20-22(6-10-33-26(20)36)38-13-9-21-23(27(38)40)24(35-34-21)28(29,30)31/h2-6,9-10,13-14,17H,7-8,11-12,15H2,1H3,(H2,32,39)(H,34,35). The monoisotopic (exact) mass is 549 g/mol. The van der Waals surface area contributed by atoms with Crippen molar-refractivity contribution < 1.29 is 18.0 Å². The maximum atomic E-state index is 13.5. The van der Waals surface area contributed by atoms with Gasteiger partial charge >= 0.3 is 6.18 Å². The predicted octanol–water partition coefficient (Wildman–Crippen LogP) is 4.10. The summed E-state index contributed by atoms with van der Waals surface area (Å²) >= 11 is 0. The molecular formula is C28H26F3N7O2. The third-order valence-electron chi connectivity index (χ3n) is 7.80. The number of nitrogens with two attached hydrogens (primary N) is 1. The number of amides is 1. The Hall–Kier alpha value is -4.45. The van der Waals surface area contributed by atoms with E-state index in [1.807, 2.05) is 34.9 Å². The number of hydrogen-bond donors (Lipinski definition) is 2. The second-order valence-corrected chi connectivity index (χ2v) is 10.1. The molecular weight excluding hydrogens is 523 g/mol. The summed E-state index contributed by atoms with van der Waals surface area (Å²) in [6.45, 7) is 2.41. The summed E-state index contributed by atoms with van der Waals surface area (Å²) in [5.41, 5.74) is 7.10. The van der Waals surface area contributed by atoms with Gasteiger partial charge in [0.25, 0.3) is 5.56 Å². The number of carbonyl (C=O) groups excluding carboxylic acids is 1. The van der Waals surface area contributed by atoms with Crippen LogP contribution in [0.5, 0.6) is 0 Å². The highest BCUT2D eigenvalue weighted by Crippen LogP contribution is 2.33. The number of rotatable bonds is 5. The number of aryl methyl sites for hydroxylation is 1. The maximum absolute atomic E-state index is 13.5. The van der Waals surface area contributed by atoms with E-state index in [-0.39, 0.29) is 5.52 Å². The van der Waals surface area contributed by atoms with E-state index in [4.69, 9.17) is 5.73 Å². The molecule has 3 N–H and O–H groups in total. The van der Waals surface area contributed by atoms with Crippen LogP contribution in [0.3, 0.4) is 0 Å². The lowest BCUT2D eigenvalue weighted by Crippen LogP contribution is -2.33. The van der Waals surface area contributed by atoms with Gasteiger partial charge in [0.1, 0.15) is 5.65 Å². The minimum atomic E-state index is -4.74. The second kappa shape index (κ2) is 9.63. The van der Waals surface area contributed by atoms with Crippen molar-refractivity contribution in [3.63, 3.8) is 0 Å². The van der Waals surface area contributed by atoms with Crippen LogP contribution in [0, 0.1) is 0 Å². The Morgan fingerprint density at radius 1 is 1.12 bits per heavy atom. The molecule has 1 amide bonds. The maximum Gasteiger partial charge on any atom is 0.433 e. The quantitative estimate of drug-likeness (QED) is 0.343. The Labute approximate surface area is 226 Å². The summed E-state index contributed by atoms with van der Waals surface area (Å²) in [4.78, 5) is 31.4. The third-order valence-corrected chi connectivity index (χ3v) is 7.80. The number of benzene rings is 1. The van der Waals surface area contributed by atoms with Crippen molar-refractivity contribution in [1.29, 1.82) is 0 Å². The van der Waals surface area contributed by atoms with Gasteiger partial charge in [0.2, 0.25) is 5.91 Å². The average molecular weight is 550 g/mol. The van der Waals surface area contributed by atoms with Gasteiger partial charge in [-0.3, -0.25) is 24.2 Å². The predicted molar refractivity (Wildman–Crippen MR) is 143 cm³/mol. The third kappa shape index (κ3) is 4.43. The van der Waals surface area contributed by atoms with Crippen molar-refractivity contribution in [2.24, 2.45) is 12.8 Å². The summed E-state index contributed by atoms with van der Waals surface area (Å²) < 4.78 is 43.7. The molecule has 4 aromatic heterocycles. The zero-order chi connectivity index (χ0) is 28.2. The number of primary amides is 1. The van der Waals surface area contributed by atoms with Crippen molar-refractivity contribution >= 4 is 27.8 Å². The van der Waals surface area contributed by atoms with Gasteiger partial charge in [-0.25, -0.2) is 4.98 Å². The molecule has 5 heterocycles. The number of hydrogen-bond acceptors (Lipinski definition) is 5. The van der Waals surface area contributed by atoms with E-state index in [2.05, 4.69) is 15.0 Å². The molecule has 9 nitrogen and oxygen atoms in total. The number of aromatic amines is 1. The number of pyridine rings is 2. The minimum Gasteiger partial charge on any atom is -0.366 e. The minimum absolute atomic E-state index is 0.0418. The summed E-state index contributed by atoms with van der Waals surface area (Å²) in [6.07, 6.45) is 0.179. The zero-order valence-electron chi connectivity index (χ0n) is 21.6. The first-order chi connectivity index (χ1) is 19.1. The van der Waals surface area contributed by atoms with Crippen LogP contribution in [0.4, 0.5) is 13.2 Å². The largest absolute Gasteiger partial charge is 0.433 e. The first kappa shape index (κ1) is 25.8. The van der Waals surface area contributed by atoms with E-state index < -0.39 is 28.7 Å². The molecule has 0 radical (unpaired) electrons. The Morgan fingerprint density at radius 3 is 2.52 bits per heavy atom. The molecule has 1 fully saturated rings. The van der Waals surface area contributed by atoms with Gasteiger partial charge in [0.15, 0.2) is 5.69 Å². The average Bonchev–Trinajstić information content (AvgIpc) is 3.52. The van der Waals surface area contributed by atoms with E-state index >= 15 is 0 Å². The van der Waals surface area contributed by atoms with Crippen molar-refractivity contribution in [1.82, 2.24) is 29.2 Å². The number of nitrogens with one attached hydrogen (secondary N) is 1. The Bertz CT molecular complexity index is 1790. The molecule has 1 saturated heterocycles. The number of nitrogens with zero attached hydrogens (tertiary/aromatic N) is 5. The molecule has 5 aromatic rings. The molecule has 0 unspecified atom stereocenters. The number of likely N-dealkylation sites (tertiary alicyclic amines) is 1. The van der Waals surface area contributed by atoms with Gasteiger partial charge in [-0.1, -0.05) is 12.1 Å². The number of alkyl halides is 3. The van der Waals surface area contributed by atoms with E-state index in [9.17, 15) is 22.8 Å². The summed E-state index contributed by atoms with van der Waals surface area (Å²) in [5.74, 6) is -0.0443. The first-order valence-electron chi connectivity index (χ1n) is 12.8. The lowest BCUT2D eigenvalue weighted by Gasteiger charge is -2.32. The van der Waals surface area contributed by atoms with Gasteiger partial charge in [0.05, 0.1) is 16.6 Å². The summed E-state index contributed by atoms with van der Waals surface area (Å²) in [6, 6.07) is 12.4. The van der Waals surface area contributed by atoms with Crippen LogP contribution in [0.15, 0.2) is 59.7 Å². The van der Waals surface area contributed by atoms with Gasteiger partial charge in [0, 0.05) is 42.6 Å². The number of halogens is 3. The van der Waals surface area contributed by atoms with Crippen LogP contribution >= 0.6 is 0 Å². The van der Waals surface area contributed by atoms with Crippen LogP contribution < -0.4 is 11.3 Å². The number of piperidine rings is 1. The van der Waals surface area contributed by atoms with Crippen LogP contribution in [-0.4, -0.2) is 48.2 Å². The summed E-state index contributed by atoms with van der Waals surface area (Å²) in [7, 11) is 1.89. The van der Waals surface area contributed by atoms with Crippen molar-refractivity contribution in [3.05, 3.63) is 87.7 Å². The SMILES string of the molecule is Cn1c(CN2CCC(c3ccc(C(N)=O)cc3)CC2)cc2c(-n3ccc4n[nH]c(C(F)(F)F)c4c3=O)ccnc21. The molecule has 0 atom stereocenters. The number of fused-ring (bicyclic) bond motifs is 2. The highest BCUT2D eigenvalue weighted by atomic mass is 19.4. The second-order valence-electron chi connectivity index (χ2n) is 10.1. The highest BCUT2D eigenvalue weighted by molar-refractivity contribution is 5.92. The molecule has 1 aliphatic heterocycles. The Morgan fingerprint density at radius 2 is 1.85 bits per heavy atom. The van der Waals surface area contributed by atoms with Crippen molar-refractivity contribution in [3.8, 4) is 5.69 Å². The lowest BCUT2D eigenvalue weighted by molar-refractivity contribution is -0.140. The zero-order valence-corrected chi connectivity index (χ0v) is 21.6. The van der Waals surface area contributed by atoms with Gasteiger partial charge in [-0.05, 0) is 67.7 Å². The normalized spacial score (nSPS) is 15.3. The fourth-order valence-corrected chi connectivity index (χ4v) is 5.61. The summed E-state index contributed by atoms with van der Waals surface area (Å²) in [5, 5.41) is 5.80. The van der Waals surface area contributed by atoms with Gasteiger partial charge in [-0.15, -0.1) is 0 Å². The fourth-order valence-electron chi connectivity index (χ4n) is 5.61. The first-order valence-corrected chi connectivity index (χ1v) is 12.8. The van der Waals surface area contributed by atoms with Crippen LogP contribution in [0.25, 0.3) is 27.6 Å². The number of carbonyl (C=O) groups is 1. The Balaban J connectivity index is 1.26. The highest BCUT2D eigenvalue weighted by Gasteiger charge is 2.36. The molecule has 0 aliphatic carbocycles. The van der Waals surface area contributed by atoms with E-state index in [1.54, 1.807) is 24.4 Å². The van der Waals surface area contributed by atoms with Crippen LogP contribution in [0.2, 0.25) is 0 Å². The molecule has 6 rings (SSSR count). The molecule has 1 aliphatic rings. The lowest BCUT2D eigenvalue weighted by atomic mass is 9.89. The topological polar surface area (TPSA) is 115 Å². The molecule has 0 bridgehead atoms. The molecule has 12 heteroatoms. The van der Waals surface area contributed by atoms with Crippen LogP contribution in [-0.2, 0) is 19.8 Å².